The van der Waals surface area contributed by atoms with Gasteiger partial charge in [0.15, 0.2) is 0 Å². The monoisotopic (exact) mass is 166 g/mol. The predicted molar refractivity (Wildman–Crippen MR) is 48.7 cm³/mol. The zero-order chi connectivity index (χ0) is 8.65. The van der Waals surface area contributed by atoms with Gasteiger partial charge < -0.3 is 9.52 Å². The number of hydrogen-bond donors (Lipinski definition) is 1. The standard InChI is InChI=1S/C10H14O2/c11-8-4-2-1-3-6-10-7-5-9-12-10/h3,5-7,9,11H,1-2,4,8H2/b6-3+. The molecule has 0 aromatic carbocycles. The molecule has 0 unspecified atom stereocenters. The van der Waals surface area contributed by atoms with E-state index in [2.05, 4.69) is 6.08 Å². The van der Waals surface area contributed by atoms with Gasteiger partial charge in [-0.2, -0.15) is 0 Å². The predicted octanol–water partition coefficient (Wildman–Crippen LogP) is 2.46. The van der Waals surface area contributed by atoms with Crippen molar-refractivity contribution >= 4 is 6.08 Å². The van der Waals surface area contributed by atoms with Crippen LogP contribution in [0.25, 0.3) is 6.08 Å². The highest BCUT2D eigenvalue weighted by molar-refractivity contribution is 5.41. The number of allylic oxidation sites excluding steroid dienone is 1. The molecule has 0 saturated carbocycles. The van der Waals surface area contributed by atoms with E-state index in [9.17, 15) is 0 Å². The van der Waals surface area contributed by atoms with Crippen LogP contribution in [0.5, 0.6) is 0 Å². The summed E-state index contributed by atoms with van der Waals surface area (Å²) >= 11 is 0. The molecule has 0 aliphatic heterocycles. The molecule has 0 amide bonds. The molecule has 0 fully saturated rings. The number of aliphatic hydroxyl groups excluding tert-OH is 1. The van der Waals surface area contributed by atoms with E-state index < -0.39 is 0 Å². The third kappa shape index (κ3) is 3.39. The molecule has 1 N–H and O–H groups in total. The maximum Gasteiger partial charge on any atom is 0.126 e. The van der Waals surface area contributed by atoms with Crippen LogP contribution >= 0.6 is 0 Å². The van der Waals surface area contributed by atoms with Crippen molar-refractivity contribution in [2.24, 2.45) is 0 Å². The summed E-state index contributed by atoms with van der Waals surface area (Å²) in [6.45, 7) is 0.286. The lowest BCUT2D eigenvalue weighted by atomic mass is 10.2. The molecule has 0 saturated heterocycles. The van der Waals surface area contributed by atoms with E-state index >= 15 is 0 Å². The van der Waals surface area contributed by atoms with Crippen molar-refractivity contribution in [1.29, 1.82) is 0 Å². The molecule has 0 atom stereocenters. The van der Waals surface area contributed by atoms with Crippen molar-refractivity contribution in [2.75, 3.05) is 6.61 Å². The number of furan rings is 1. The minimum atomic E-state index is 0.286. The molecule has 12 heavy (non-hydrogen) atoms. The van der Waals surface area contributed by atoms with Crippen molar-refractivity contribution in [3.8, 4) is 0 Å². The van der Waals surface area contributed by atoms with E-state index in [1.165, 1.54) is 0 Å². The Morgan fingerprint density at radius 1 is 1.42 bits per heavy atom. The molecule has 1 aromatic rings. The van der Waals surface area contributed by atoms with E-state index in [-0.39, 0.29) is 6.61 Å². The summed E-state index contributed by atoms with van der Waals surface area (Å²) in [7, 11) is 0. The first-order chi connectivity index (χ1) is 5.93. The van der Waals surface area contributed by atoms with Gasteiger partial charge in [-0.15, -0.1) is 0 Å². The Hall–Kier alpha value is -1.02. The number of aliphatic hydroxyl groups is 1. The average Bonchev–Trinajstić information content (AvgIpc) is 2.57. The van der Waals surface area contributed by atoms with Crippen LogP contribution in [-0.2, 0) is 0 Å². The van der Waals surface area contributed by atoms with Gasteiger partial charge in [0, 0.05) is 6.61 Å². The Kier molecular flexibility index (Phi) is 4.24. The van der Waals surface area contributed by atoms with Gasteiger partial charge in [0.2, 0.25) is 0 Å². The lowest BCUT2D eigenvalue weighted by Crippen LogP contribution is -1.79. The minimum Gasteiger partial charge on any atom is -0.465 e. The van der Waals surface area contributed by atoms with E-state index in [1.54, 1.807) is 6.26 Å². The second-order valence-electron chi connectivity index (χ2n) is 2.64. The lowest BCUT2D eigenvalue weighted by Gasteiger charge is -1.90. The molecule has 1 aromatic heterocycles. The third-order valence-electron chi connectivity index (χ3n) is 1.60. The summed E-state index contributed by atoms with van der Waals surface area (Å²) in [6, 6.07) is 3.79. The maximum absolute atomic E-state index is 8.51. The first-order valence-electron chi connectivity index (χ1n) is 4.24. The Morgan fingerprint density at radius 2 is 2.33 bits per heavy atom. The summed E-state index contributed by atoms with van der Waals surface area (Å²) in [5.74, 6) is 0.888. The first-order valence-corrected chi connectivity index (χ1v) is 4.24. The normalized spacial score (nSPS) is 11.1. The fourth-order valence-electron chi connectivity index (χ4n) is 0.960. The van der Waals surface area contributed by atoms with E-state index in [1.807, 2.05) is 18.2 Å². The zero-order valence-corrected chi connectivity index (χ0v) is 7.07. The van der Waals surface area contributed by atoms with Gasteiger partial charge in [0.1, 0.15) is 5.76 Å². The second kappa shape index (κ2) is 5.61. The zero-order valence-electron chi connectivity index (χ0n) is 7.07. The van der Waals surface area contributed by atoms with Crippen LogP contribution in [0, 0.1) is 0 Å². The summed E-state index contributed by atoms with van der Waals surface area (Å²) in [6.07, 6.45) is 8.59. The molecule has 2 heteroatoms. The van der Waals surface area contributed by atoms with Crippen molar-refractivity contribution in [3.63, 3.8) is 0 Å². The largest absolute Gasteiger partial charge is 0.465 e. The average molecular weight is 166 g/mol. The highest BCUT2D eigenvalue weighted by Crippen LogP contribution is 2.04. The van der Waals surface area contributed by atoms with Gasteiger partial charge in [0.25, 0.3) is 0 Å². The Balaban J connectivity index is 2.14. The fraction of sp³-hybridized carbons (Fsp3) is 0.400. The van der Waals surface area contributed by atoms with Crippen LogP contribution < -0.4 is 0 Å². The molecule has 0 spiro atoms. The Labute approximate surface area is 72.5 Å². The van der Waals surface area contributed by atoms with Crippen molar-refractivity contribution < 1.29 is 9.52 Å². The highest BCUT2D eigenvalue weighted by atomic mass is 16.3. The van der Waals surface area contributed by atoms with Crippen LogP contribution in [0.4, 0.5) is 0 Å². The molecule has 0 radical (unpaired) electrons. The number of rotatable bonds is 5. The molecule has 1 rings (SSSR count). The van der Waals surface area contributed by atoms with E-state index in [4.69, 9.17) is 9.52 Å². The summed E-state index contributed by atoms with van der Waals surface area (Å²) in [5, 5.41) is 8.51. The summed E-state index contributed by atoms with van der Waals surface area (Å²) in [4.78, 5) is 0. The maximum atomic E-state index is 8.51. The van der Waals surface area contributed by atoms with Gasteiger partial charge in [-0.3, -0.25) is 0 Å². The first kappa shape index (κ1) is 9.07. The van der Waals surface area contributed by atoms with Crippen LogP contribution in [0.1, 0.15) is 25.0 Å². The topological polar surface area (TPSA) is 33.4 Å². The quantitative estimate of drug-likeness (QED) is 0.681. The molecule has 0 aliphatic rings. The number of unbranched alkanes of at least 4 members (excludes halogenated alkanes) is 2. The Bertz CT molecular complexity index is 212. The van der Waals surface area contributed by atoms with Crippen LogP contribution in [-0.4, -0.2) is 11.7 Å². The smallest absolute Gasteiger partial charge is 0.126 e. The minimum absolute atomic E-state index is 0.286. The molecular weight excluding hydrogens is 152 g/mol. The van der Waals surface area contributed by atoms with Gasteiger partial charge in [-0.25, -0.2) is 0 Å². The molecule has 1 heterocycles. The van der Waals surface area contributed by atoms with Gasteiger partial charge in [-0.1, -0.05) is 6.08 Å². The Morgan fingerprint density at radius 3 is 3.00 bits per heavy atom. The van der Waals surface area contributed by atoms with Crippen LogP contribution in [0.3, 0.4) is 0 Å². The lowest BCUT2D eigenvalue weighted by molar-refractivity contribution is 0.285. The molecule has 0 bridgehead atoms. The van der Waals surface area contributed by atoms with Crippen molar-refractivity contribution in [1.82, 2.24) is 0 Å². The molecule has 2 nitrogen and oxygen atoms in total. The van der Waals surface area contributed by atoms with Gasteiger partial charge in [0.05, 0.1) is 6.26 Å². The SMILES string of the molecule is OCCCC/C=C/c1ccco1. The van der Waals surface area contributed by atoms with Crippen LogP contribution in [0.15, 0.2) is 28.9 Å². The molecule has 66 valence electrons. The summed E-state index contributed by atoms with van der Waals surface area (Å²) in [5.41, 5.74) is 0. The van der Waals surface area contributed by atoms with E-state index in [0.717, 1.165) is 25.0 Å². The van der Waals surface area contributed by atoms with E-state index in [0.29, 0.717) is 0 Å². The second-order valence-corrected chi connectivity index (χ2v) is 2.64. The van der Waals surface area contributed by atoms with Crippen LogP contribution in [0.2, 0.25) is 0 Å². The fourth-order valence-corrected chi connectivity index (χ4v) is 0.960. The highest BCUT2D eigenvalue weighted by Gasteiger charge is 1.86. The van der Waals surface area contributed by atoms with Crippen molar-refractivity contribution in [3.05, 3.63) is 30.2 Å². The molecular formula is C10H14O2. The van der Waals surface area contributed by atoms with Gasteiger partial charge in [-0.05, 0) is 37.5 Å². The molecule has 0 aliphatic carbocycles. The third-order valence-corrected chi connectivity index (χ3v) is 1.60. The van der Waals surface area contributed by atoms with Crippen molar-refractivity contribution in [2.45, 2.75) is 19.3 Å². The number of hydrogen-bond acceptors (Lipinski definition) is 2. The summed E-state index contributed by atoms with van der Waals surface area (Å²) < 4.78 is 5.10. The van der Waals surface area contributed by atoms with Gasteiger partial charge >= 0.3 is 0 Å².